The zero-order valence-electron chi connectivity index (χ0n) is 19.2. The van der Waals surface area contributed by atoms with Crippen molar-refractivity contribution in [1.29, 1.82) is 5.26 Å². The van der Waals surface area contributed by atoms with Crippen LogP contribution in [0.25, 0.3) is 17.1 Å². The largest absolute Gasteiger partial charge is 0.310 e. The van der Waals surface area contributed by atoms with Crippen LogP contribution in [0.3, 0.4) is 0 Å². The van der Waals surface area contributed by atoms with Gasteiger partial charge in [0.2, 0.25) is 5.91 Å². The number of hydrogen-bond donors (Lipinski definition) is 1. The molecule has 1 aliphatic carbocycles. The number of thioether (sulfide) groups is 1. The molecule has 1 fully saturated rings. The van der Waals surface area contributed by atoms with Gasteiger partial charge < -0.3 is 5.32 Å². The van der Waals surface area contributed by atoms with E-state index in [0.717, 1.165) is 35.5 Å². The molecule has 0 aliphatic heterocycles. The summed E-state index contributed by atoms with van der Waals surface area (Å²) in [5.74, 6) is 0.574. The highest BCUT2D eigenvalue weighted by Crippen LogP contribution is 2.41. The number of carbonyl (C=O) groups excluding carboxylic acids is 1. The zero-order chi connectivity index (χ0) is 24.5. The maximum Gasteiger partial charge on any atom is 0.236 e. The maximum atomic E-state index is 13.5. The number of nitrogens with one attached hydrogen (secondary N) is 1. The van der Waals surface area contributed by atoms with Gasteiger partial charge in [0.1, 0.15) is 17.7 Å². The maximum absolute atomic E-state index is 13.5. The van der Waals surface area contributed by atoms with Crippen LogP contribution in [0.4, 0.5) is 10.2 Å². The van der Waals surface area contributed by atoms with E-state index in [-0.39, 0.29) is 17.5 Å². The van der Waals surface area contributed by atoms with E-state index < -0.39 is 0 Å². The molecule has 1 amide bonds. The van der Waals surface area contributed by atoms with Gasteiger partial charge >= 0.3 is 0 Å². The third-order valence-corrected chi connectivity index (χ3v) is 6.94. The van der Waals surface area contributed by atoms with E-state index in [1.54, 1.807) is 29.1 Å². The lowest BCUT2D eigenvalue weighted by atomic mass is 10.2. The molecule has 1 aliphatic rings. The number of aromatic nitrogens is 5. The predicted octanol–water partition coefficient (Wildman–Crippen LogP) is 4.82. The monoisotopic (exact) mass is 487 g/mol. The molecular weight excluding hydrogens is 465 g/mol. The summed E-state index contributed by atoms with van der Waals surface area (Å²) in [6.45, 7) is 3.69. The lowest BCUT2D eigenvalue weighted by Gasteiger charge is -2.13. The normalized spacial score (nSPS) is 13.0. The average molecular weight is 488 g/mol. The average Bonchev–Trinajstić information content (AvgIpc) is 3.57. The molecule has 0 bridgehead atoms. The minimum Gasteiger partial charge on any atom is -0.310 e. The molecule has 176 valence electrons. The smallest absolute Gasteiger partial charge is 0.236 e. The van der Waals surface area contributed by atoms with E-state index in [1.165, 1.54) is 23.9 Å². The zero-order valence-corrected chi connectivity index (χ0v) is 20.0. The highest BCUT2D eigenvalue weighted by Gasteiger charge is 2.30. The molecule has 4 aromatic rings. The summed E-state index contributed by atoms with van der Waals surface area (Å²) in [7, 11) is 0. The van der Waals surface area contributed by atoms with Crippen LogP contribution >= 0.6 is 11.8 Å². The number of rotatable bonds is 7. The number of nitrogens with zero attached hydrogens (tertiary/aromatic N) is 6. The van der Waals surface area contributed by atoms with Crippen LogP contribution in [0.5, 0.6) is 0 Å². The van der Waals surface area contributed by atoms with Crippen LogP contribution in [0.15, 0.2) is 53.9 Å². The third-order valence-electron chi connectivity index (χ3n) is 6.00. The van der Waals surface area contributed by atoms with E-state index >= 15 is 0 Å². The Morgan fingerprint density at radius 1 is 1.23 bits per heavy atom. The van der Waals surface area contributed by atoms with Crippen LogP contribution in [0.2, 0.25) is 0 Å². The van der Waals surface area contributed by atoms with Gasteiger partial charge in [0.25, 0.3) is 0 Å². The Morgan fingerprint density at radius 3 is 2.66 bits per heavy atom. The number of benzene rings is 1. The Kier molecular flexibility index (Phi) is 6.09. The fraction of sp³-hybridized carbons (Fsp3) is 0.240. The van der Waals surface area contributed by atoms with Gasteiger partial charge in [-0.25, -0.2) is 4.39 Å². The standard InChI is InChI=1S/C25H22FN7OS/c1-15-16(2)32(19-7-5-18(26)6-8-19)24(21(15)12-27)29-22(34)14-35-25-31-30-23(33(25)20-9-10-20)17-4-3-11-28-13-17/h3-8,11,13,20H,9-10,14H2,1-2H3,(H,29,34). The lowest BCUT2D eigenvalue weighted by Crippen LogP contribution is -2.18. The number of nitriles is 1. The summed E-state index contributed by atoms with van der Waals surface area (Å²) < 4.78 is 17.3. The predicted molar refractivity (Wildman–Crippen MR) is 131 cm³/mol. The lowest BCUT2D eigenvalue weighted by molar-refractivity contribution is -0.113. The fourth-order valence-corrected chi connectivity index (χ4v) is 4.81. The van der Waals surface area contributed by atoms with Crippen molar-refractivity contribution < 1.29 is 9.18 Å². The van der Waals surface area contributed by atoms with Crippen molar-refractivity contribution in [3.63, 3.8) is 0 Å². The Hall–Kier alpha value is -3.97. The van der Waals surface area contributed by atoms with Crippen molar-refractivity contribution in [2.45, 2.75) is 37.9 Å². The Bertz CT molecular complexity index is 1430. The second kappa shape index (κ2) is 9.35. The molecule has 35 heavy (non-hydrogen) atoms. The number of anilines is 1. The number of pyridine rings is 1. The van der Waals surface area contributed by atoms with Crippen molar-refractivity contribution in [2.24, 2.45) is 0 Å². The molecule has 0 radical (unpaired) electrons. The minimum absolute atomic E-state index is 0.0927. The highest BCUT2D eigenvalue weighted by molar-refractivity contribution is 7.99. The van der Waals surface area contributed by atoms with Crippen molar-refractivity contribution in [3.05, 3.63) is 71.4 Å². The Balaban J connectivity index is 1.39. The number of amides is 1. The summed E-state index contributed by atoms with van der Waals surface area (Å²) >= 11 is 1.30. The molecule has 0 unspecified atom stereocenters. The van der Waals surface area contributed by atoms with Gasteiger partial charge in [0, 0.05) is 35.4 Å². The van der Waals surface area contributed by atoms with Crippen LogP contribution < -0.4 is 5.32 Å². The van der Waals surface area contributed by atoms with Gasteiger partial charge in [0.05, 0.1) is 11.3 Å². The number of carbonyl (C=O) groups is 1. The summed E-state index contributed by atoms with van der Waals surface area (Å²) in [5.41, 5.74) is 3.47. The van der Waals surface area contributed by atoms with Crippen LogP contribution in [0, 0.1) is 31.0 Å². The first-order chi connectivity index (χ1) is 17.0. The second-order valence-corrected chi connectivity index (χ2v) is 9.29. The molecule has 3 heterocycles. The highest BCUT2D eigenvalue weighted by atomic mass is 32.2. The SMILES string of the molecule is Cc1c(C#N)c(NC(=O)CSc2nnc(-c3cccnc3)n2C2CC2)n(-c2ccc(F)cc2)c1C. The van der Waals surface area contributed by atoms with E-state index in [9.17, 15) is 14.4 Å². The molecule has 0 saturated heterocycles. The van der Waals surface area contributed by atoms with Gasteiger partial charge in [-0.3, -0.25) is 18.9 Å². The number of halogens is 1. The van der Waals surface area contributed by atoms with Crippen LogP contribution in [-0.4, -0.2) is 36.0 Å². The molecule has 5 rings (SSSR count). The molecule has 10 heteroatoms. The number of hydrogen-bond acceptors (Lipinski definition) is 6. The van der Waals surface area contributed by atoms with Crippen LogP contribution in [-0.2, 0) is 4.79 Å². The topological polar surface area (TPSA) is 101 Å². The molecule has 3 aromatic heterocycles. The van der Waals surface area contributed by atoms with E-state index in [1.807, 2.05) is 26.0 Å². The van der Waals surface area contributed by atoms with Crippen LogP contribution in [0.1, 0.15) is 35.7 Å². The van der Waals surface area contributed by atoms with Gasteiger partial charge in [-0.1, -0.05) is 11.8 Å². The summed E-state index contributed by atoms with van der Waals surface area (Å²) in [4.78, 5) is 17.2. The van der Waals surface area contributed by atoms with Gasteiger partial charge in [-0.2, -0.15) is 5.26 Å². The quantitative estimate of drug-likeness (QED) is 0.375. The first-order valence-electron chi connectivity index (χ1n) is 11.1. The van der Waals surface area contributed by atoms with Crippen molar-refractivity contribution in [1.82, 2.24) is 24.3 Å². The summed E-state index contributed by atoms with van der Waals surface area (Å²) in [6, 6.07) is 12.2. The minimum atomic E-state index is -0.358. The van der Waals surface area contributed by atoms with E-state index in [2.05, 4.69) is 31.1 Å². The van der Waals surface area contributed by atoms with Gasteiger partial charge in [0.15, 0.2) is 11.0 Å². The summed E-state index contributed by atoms with van der Waals surface area (Å²) in [5, 5.41) is 22.0. The van der Waals surface area contributed by atoms with E-state index in [4.69, 9.17) is 0 Å². The fourth-order valence-electron chi connectivity index (χ4n) is 4.00. The van der Waals surface area contributed by atoms with Gasteiger partial charge in [-0.15, -0.1) is 10.2 Å². The van der Waals surface area contributed by atoms with Gasteiger partial charge in [-0.05, 0) is 68.7 Å². The Labute approximate surface area is 205 Å². The van der Waals surface area contributed by atoms with E-state index in [0.29, 0.717) is 28.3 Å². The summed E-state index contributed by atoms with van der Waals surface area (Å²) in [6.07, 6.45) is 5.55. The molecule has 8 nitrogen and oxygen atoms in total. The van der Waals surface area contributed by atoms with Crippen molar-refractivity contribution in [3.8, 4) is 23.1 Å². The second-order valence-electron chi connectivity index (χ2n) is 8.34. The third kappa shape index (κ3) is 4.42. The molecule has 1 saturated carbocycles. The first kappa shape index (κ1) is 22.8. The molecule has 0 spiro atoms. The first-order valence-corrected chi connectivity index (χ1v) is 12.1. The molecule has 1 N–H and O–H groups in total. The van der Waals surface area contributed by atoms with Crippen molar-refractivity contribution in [2.75, 3.05) is 11.1 Å². The molecule has 0 atom stereocenters. The Morgan fingerprint density at radius 2 is 2.00 bits per heavy atom. The van der Waals surface area contributed by atoms with Crippen molar-refractivity contribution >= 4 is 23.5 Å². The molecule has 1 aromatic carbocycles. The molecular formula is C25H22FN7OS.